The molecule has 136 valence electrons. The number of hydrogen-bond acceptors (Lipinski definition) is 4. The first-order valence-electron chi connectivity index (χ1n) is 9.13. The fraction of sp³-hybridized carbons (Fsp3) is 0.600. The van der Waals surface area contributed by atoms with Gasteiger partial charge in [-0.15, -0.1) is 0 Å². The van der Waals surface area contributed by atoms with Crippen molar-refractivity contribution < 1.29 is 9.59 Å². The van der Waals surface area contributed by atoms with Crippen LogP contribution >= 0.6 is 0 Å². The molecule has 2 rings (SSSR count). The van der Waals surface area contributed by atoms with E-state index in [0.29, 0.717) is 25.3 Å². The highest BCUT2D eigenvalue weighted by molar-refractivity contribution is 5.97. The third kappa shape index (κ3) is 5.76. The number of ketones is 1. The molecule has 1 aliphatic rings. The van der Waals surface area contributed by atoms with Gasteiger partial charge in [-0.1, -0.05) is 29.4 Å². The maximum Gasteiger partial charge on any atom is 0.222 e. The number of benzene rings is 1. The summed E-state index contributed by atoms with van der Waals surface area (Å²) in [6.45, 7) is 0.390. The van der Waals surface area contributed by atoms with Crippen molar-refractivity contribution in [2.24, 2.45) is 17.0 Å². The Bertz CT molecular complexity index is 587. The first-order chi connectivity index (χ1) is 12.0. The lowest BCUT2D eigenvalue weighted by Gasteiger charge is -2.27. The van der Waals surface area contributed by atoms with Gasteiger partial charge < -0.3 is 4.90 Å². The Hall–Kier alpha value is -2.04. The third-order valence-corrected chi connectivity index (χ3v) is 5.21. The Morgan fingerprint density at radius 1 is 1.08 bits per heavy atom. The summed E-state index contributed by atoms with van der Waals surface area (Å²) >= 11 is 0. The molecule has 0 heterocycles. The van der Waals surface area contributed by atoms with Gasteiger partial charge in [-0.3, -0.25) is 9.59 Å². The highest BCUT2D eigenvalue weighted by Crippen LogP contribution is 2.32. The van der Waals surface area contributed by atoms with Gasteiger partial charge in [0.1, 0.15) is 0 Å². The average Bonchev–Trinajstić information content (AvgIpc) is 2.64. The minimum atomic E-state index is 0.0987. The molecular weight excluding hydrogens is 316 g/mol. The summed E-state index contributed by atoms with van der Waals surface area (Å²) in [6, 6.07) is 7.69. The molecule has 0 aromatic heterocycles. The second-order valence-electron chi connectivity index (χ2n) is 7.21. The molecule has 0 radical (unpaired) electrons. The van der Waals surface area contributed by atoms with Crippen molar-refractivity contribution in [3.63, 3.8) is 0 Å². The zero-order valence-corrected chi connectivity index (χ0v) is 15.2. The topological polar surface area (TPSA) is 66.8 Å². The molecule has 1 amide bonds. The van der Waals surface area contributed by atoms with Crippen LogP contribution in [0.25, 0.3) is 0 Å². The van der Waals surface area contributed by atoms with Crippen molar-refractivity contribution in [1.82, 2.24) is 4.90 Å². The monoisotopic (exact) mass is 344 g/mol. The minimum Gasteiger partial charge on any atom is -0.349 e. The van der Waals surface area contributed by atoms with Crippen molar-refractivity contribution >= 4 is 11.7 Å². The Morgan fingerprint density at radius 3 is 2.28 bits per heavy atom. The Kier molecular flexibility index (Phi) is 7.29. The normalized spacial score (nSPS) is 20.1. The van der Waals surface area contributed by atoms with E-state index in [-0.39, 0.29) is 17.6 Å². The number of carbonyl (C=O) groups is 2. The Balaban J connectivity index is 1.84. The molecule has 0 spiro atoms. The molecule has 1 aromatic carbocycles. The highest BCUT2D eigenvalue weighted by Gasteiger charge is 2.26. The van der Waals surface area contributed by atoms with E-state index in [2.05, 4.69) is 5.18 Å². The number of Topliss-reactive ketones (excluding diaryl/α,β-unsaturated/α-hetero) is 1. The predicted molar refractivity (Wildman–Crippen MR) is 98.5 cm³/mol. The molecule has 5 nitrogen and oxygen atoms in total. The zero-order valence-electron chi connectivity index (χ0n) is 15.2. The van der Waals surface area contributed by atoms with Gasteiger partial charge in [-0.2, -0.15) is 4.91 Å². The van der Waals surface area contributed by atoms with Crippen LogP contribution in [0.4, 0.5) is 0 Å². The van der Waals surface area contributed by atoms with Gasteiger partial charge >= 0.3 is 0 Å². The van der Waals surface area contributed by atoms with E-state index in [1.54, 1.807) is 19.0 Å². The number of amides is 1. The van der Waals surface area contributed by atoms with Crippen LogP contribution in [0, 0.1) is 16.7 Å². The number of hydrogen-bond donors (Lipinski definition) is 0. The van der Waals surface area contributed by atoms with Gasteiger partial charge in [-0.25, -0.2) is 0 Å². The fourth-order valence-corrected chi connectivity index (χ4v) is 3.49. The van der Waals surface area contributed by atoms with Crippen LogP contribution in [0.2, 0.25) is 0 Å². The van der Waals surface area contributed by atoms with Gasteiger partial charge in [0, 0.05) is 32.0 Å². The summed E-state index contributed by atoms with van der Waals surface area (Å²) in [4.78, 5) is 36.1. The van der Waals surface area contributed by atoms with Crippen molar-refractivity contribution in [2.75, 3.05) is 20.6 Å². The lowest BCUT2D eigenvalue weighted by molar-refractivity contribution is -0.128. The molecule has 0 aliphatic heterocycles. The predicted octanol–water partition coefficient (Wildman–Crippen LogP) is 3.85. The number of nitroso groups, excluding NO2 is 1. The molecule has 1 aromatic rings. The molecule has 5 heteroatoms. The van der Waals surface area contributed by atoms with Gasteiger partial charge in [0.25, 0.3) is 0 Å². The summed E-state index contributed by atoms with van der Waals surface area (Å²) in [5, 5.41) is 2.93. The van der Waals surface area contributed by atoms with E-state index in [0.717, 1.165) is 43.2 Å². The van der Waals surface area contributed by atoms with E-state index < -0.39 is 0 Å². The molecule has 25 heavy (non-hydrogen) atoms. The largest absolute Gasteiger partial charge is 0.349 e. The number of rotatable bonds is 8. The van der Waals surface area contributed by atoms with Gasteiger partial charge in [0.15, 0.2) is 5.78 Å². The van der Waals surface area contributed by atoms with Gasteiger partial charge in [0.2, 0.25) is 5.91 Å². The summed E-state index contributed by atoms with van der Waals surface area (Å²) in [6.07, 6.45) is 5.86. The highest BCUT2D eigenvalue weighted by atomic mass is 16.3. The average molecular weight is 344 g/mol. The number of carbonyl (C=O) groups excluding carboxylic acids is 2. The zero-order chi connectivity index (χ0) is 18.2. The van der Waals surface area contributed by atoms with Crippen molar-refractivity contribution in [1.29, 1.82) is 0 Å². The molecule has 0 bridgehead atoms. The van der Waals surface area contributed by atoms with E-state index in [9.17, 15) is 14.5 Å². The summed E-state index contributed by atoms with van der Waals surface area (Å²) in [5.41, 5.74) is 1.84. The summed E-state index contributed by atoms with van der Waals surface area (Å²) in [5.74, 6) is 0.976. The SMILES string of the molecule is CN(C)C(=O)CCc1ccc(C(=O)C2CCC(CCN=O)CC2)cc1. The van der Waals surface area contributed by atoms with E-state index in [1.165, 1.54) is 0 Å². The van der Waals surface area contributed by atoms with Crippen LogP contribution in [0.3, 0.4) is 0 Å². The number of aryl methyl sites for hydroxylation is 1. The van der Waals surface area contributed by atoms with Crippen molar-refractivity contribution in [3.8, 4) is 0 Å². The van der Waals surface area contributed by atoms with E-state index >= 15 is 0 Å². The van der Waals surface area contributed by atoms with E-state index in [1.807, 2.05) is 24.3 Å². The Labute approximate surface area is 149 Å². The molecular formula is C20H28N2O3. The Morgan fingerprint density at radius 2 is 1.72 bits per heavy atom. The molecule has 0 N–H and O–H groups in total. The maximum absolute atomic E-state index is 12.7. The molecule has 0 saturated heterocycles. The molecule has 1 fully saturated rings. The van der Waals surface area contributed by atoms with Gasteiger partial charge in [0.05, 0.1) is 6.54 Å². The quantitative estimate of drug-likeness (QED) is 0.531. The molecule has 1 saturated carbocycles. The van der Waals surface area contributed by atoms with Crippen LogP contribution in [0.1, 0.15) is 54.4 Å². The molecule has 1 aliphatic carbocycles. The third-order valence-electron chi connectivity index (χ3n) is 5.21. The fourth-order valence-electron chi connectivity index (χ4n) is 3.49. The molecule has 0 atom stereocenters. The van der Waals surface area contributed by atoms with Crippen LogP contribution in [0.15, 0.2) is 29.4 Å². The minimum absolute atomic E-state index is 0.0987. The smallest absolute Gasteiger partial charge is 0.222 e. The molecule has 0 unspecified atom stereocenters. The van der Waals surface area contributed by atoms with E-state index in [4.69, 9.17) is 0 Å². The lowest BCUT2D eigenvalue weighted by atomic mass is 9.77. The standard InChI is InChI=1S/C20H28N2O3/c1-22(2)19(23)12-7-15-3-8-17(9-4-15)20(24)18-10-5-16(6-11-18)13-14-21-25/h3-4,8-9,16,18H,5-7,10-14H2,1-2H3. The van der Waals surface area contributed by atoms with Crippen molar-refractivity contribution in [3.05, 3.63) is 40.3 Å². The van der Waals surface area contributed by atoms with Crippen molar-refractivity contribution in [2.45, 2.75) is 44.9 Å². The summed E-state index contributed by atoms with van der Waals surface area (Å²) in [7, 11) is 3.52. The lowest BCUT2D eigenvalue weighted by Crippen LogP contribution is -2.22. The van der Waals surface area contributed by atoms with Gasteiger partial charge in [-0.05, 0) is 50.0 Å². The van der Waals surface area contributed by atoms with Crippen LogP contribution in [-0.4, -0.2) is 37.2 Å². The first kappa shape index (κ1) is 19.3. The van der Waals surface area contributed by atoms with Crippen LogP contribution < -0.4 is 0 Å². The van der Waals surface area contributed by atoms with Crippen LogP contribution in [0.5, 0.6) is 0 Å². The van der Waals surface area contributed by atoms with Crippen LogP contribution in [-0.2, 0) is 11.2 Å². The first-order valence-corrected chi connectivity index (χ1v) is 9.13. The maximum atomic E-state index is 12.7. The number of nitrogens with zero attached hydrogens (tertiary/aromatic N) is 2. The second kappa shape index (κ2) is 9.44. The summed E-state index contributed by atoms with van der Waals surface area (Å²) < 4.78 is 0. The second-order valence-corrected chi connectivity index (χ2v) is 7.21.